The van der Waals surface area contributed by atoms with Crippen LogP contribution in [-0.2, 0) is 16.8 Å². The van der Waals surface area contributed by atoms with E-state index in [0.29, 0.717) is 12.1 Å². The number of benzene rings is 3. The van der Waals surface area contributed by atoms with Gasteiger partial charge >= 0.3 is 5.97 Å². The second kappa shape index (κ2) is 11.6. The van der Waals surface area contributed by atoms with Gasteiger partial charge in [0.15, 0.2) is 5.13 Å². The Morgan fingerprint density at radius 3 is 2.24 bits per heavy atom. The Kier molecular flexibility index (Phi) is 8.22. The molecular weight excluding hydrogens is 501 g/mol. The Labute approximate surface area is 225 Å². The van der Waals surface area contributed by atoms with Crippen LogP contribution in [0.1, 0.15) is 48.7 Å². The number of anilines is 2. The molecule has 0 aliphatic rings. The molecule has 0 atom stereocenters. The summed E-state index contributed by atoms with van der Waals surface area (Å²) in [6, 6.07) is 22.0. The summed E-state index contributed by atoms with van der Waals surface area (Å²) in [5.41, 5.74) is 5.30. The van der Waals surface area contributed by atoms with Crippen molar-refractivity contribution in [2.24, 2.45) is 0 Å². The minimum absolute atomic E-state index is 0.0289. The minimum atomic E-state index is -0.957. The highest BCUT2D eigenvalue weighted by atomic mass is 32.1. The van der Waals surface area contributed by atoms with E-state index < -0.39 is 5.97 Å². The van der Waals surface area contributed by atoms with Gasteiger partial charge in [-0.1, -0.05) is 45.0 Å². The SMILES string of the molecule is CC(C)(C)c1ccc(N(Cc2ccc(C(=O)NCCC(=O)O)cc2)c2nc(-c3ccc(F)cc3)cs2)cc1. The molecule has 0 aliphatic carbocycles. The third kappa shape index (κ3) is 6.83. The molecule has 4 aromatic rings. The van der Waals surface area contributed by atoms with Crippen molar-refractivity contribution in [3.8, 4) is 11.3 Å². The number of aromatic nitrogens is 1. The summed E-state index contributed by atoms with van der Waals surface area (Å²) in [5, 5.41) is 14.1. The lowest BCUT2D eigenvalue weighted by Crippen LogP contribution is -2.26. The molecule has 1 amide bonds. The molecule has 1 heterocycles. The Balaban J connectivity index is 1.59. The molecule has 0 aliphatic heterocycles. The van der Waals surface area contributed by atoms with Crippen LogP contribution in [0.4, 0.5) is 15.2 Å². The second-order valence-electron chi connectivity index (χ2n) is 10.0. The molecule has 1 aromatic heterocycles. The van der Waals surface area contributed by atoms with Crippen LogP contribution in [0.2, 0.25) is 0 Å². The van der Waals surface area contributed by atoms with Crippen LogP contribution >= 0.6 is 11.3 Å². The highest BCUT2D eigenvalue weighted by Gasteiger charge is 2.18. The van der Waals surface area contributed by atoms with Crippen LogP contribution < -0.4 is 10.2 Å². The van der Waals surface area contributed by atoms with Crippen LogP contribution in [0.3, 0.4) is 0 Å². The number of nitrogens with one attached hydrogen (secondary N) is 1. The van der Waals surface area contributed by atoms with E-state index in [4.69, 9.17) is 10.1 Å². The van der Waals surface area contributed by atoms with Gasteiger partial charge in [0.1, 0.15) is 5.82 Å². The quantitative estimate of drug-likeness (QED) is 0.249. The van der Waals surface area contributed by atoms with E-state index in [9.17, 15) is 14.0 Å². The van der Waals surface area contributed by atoms with Crippen LogP contribution in [0.25, 0.3) is 11.3 Å². The average molecular weight is 532 g/mol. The molecule has 0 bridgehead atoms. The molecule has 2 N–H and O–H groups in total. The molecule has 0 saturated heterocycles. The smallest absolute Gasteiger partial charge is 0.305 e. The van der Waals surface area contributed by atoms with Crippen LogP contribution in [-0.4, -0.2) is 28.5 Å². The second-order valence-corrected chi connectivity index (χ2v) is 10.8. The Hall–Kier alpha value is -4.04. The van der Waals surface area contributed by atoms with Crippen molar-refractivity contribution in [2.45, 2.75) is 39.2 Å². The number of hydrogen-bond acceptors (Lipinski definition) is 5. The summed E-state index contributed by atoms with van der Waals surface area (Å²) in [7, 11) is 0. The monoisotopic (exact) mass is 531 g/mol. The van der Waals surface area contributed by atoms with Gasteiger partial charge in [0.2, 0.25) is 0 Å². The van der Waals surface area contributed by atoms with Crippen molar-refractivity contribution in [1.82, 2.24) is 10.3 Å². The summed E-state index contributed by atoms with van der Waals surface area (Å²) >= 11 is 1.51. The predicted octanol–water partition coefficient (Wildman–Crippen LogP) is 6.79. The van der Waals surface area contributed by atoms with Gasteiger partial charge < -0.3 is 15.3 Å². The minimum Gasteiger partial charge on any atom is -0.481 e. The number of hydrogen-bond donors (Lipinski definition) is 2. The van der Waals surface area contributed by atoms with Crippen molar-refractivity contribution in [3.63, 3.8) is 0 Å². The maximum absolute atomic E-state index is 13.4. The first kappa shape index (κ1) is 27.0. The molecular formula is C30H30FN3O3S. The molecule has 6 nitrogen and oxygen atoms in total. The number of carboxylic acid groups (broad SMARTS) is 1. The number of halogens is 1. The standard InChI is InChI=1S/C30H30FN3O3S/c1-30(2,3)23-10-14-25(15-11-23)34(29-33-26(19-38-29)21-8-12-24(31)13-9-21)18-20-4-6-22(7-5-20)28(37)32-17-16-27(35)36/h4-15,19H,16-18H2,1-3H3,(H,32,37)(H,35,36). The molecule has 4 rings (SSSR count). The maximum Gasteiger partial charge on any atom is 0.305 e. The van der Waals surface area contributed by atoms with Crippen LogP contribution in [0.15, 0.2) is 78.2 Å². The molecule has 8 heteroatoms. The largest absolute Gasteiger partial charge is 0.481 e. The molecule has 0 unspecified atom stereocenters. The highest BCUT2D eigenvalue weighted by molar-refractivity contribution is 7.14. The Bertz CT molecular complexity index is 1390. The molecule has 3 aromatic carbocycles. The van der Waals surface area contributed by atoms with Gasteiger partial charge in [0.25, 0.3) is 5.91 Å². The first-order valence-electron chi connectivity index (χ1n) is 12.3. The number of amides is 1. The number of thiazole rings is 1. The zero-order valence-electron chi connectivity index (χ0n) is 21.6. The van der Waals surface area contributed by atoms with Gasteiger partial charge in [-0.3, -0.25) is 9.59 Å². The van der Waals surface area contributed by atoms with E-state index in [-0.39, 0.29) is 30.1 Å². The van der Waals surface area contributed by atoms with Gasteiger partial charge in [0, 0.05) is 28.7 Å². The van der Waals surface area contributed by atoms with Crippen molar-refractivity contribution < 1.29 is 19.1 Å². The topological polar surface area (TPSA) is 82.5 Å². The number of aliphatic carboxylic acids is 1. The maximum atomic E-state index is 13.4. The lowest BCUT2D eigenvalue weighted by molar-refractivity contribution is -0.136. The summed E-state index contributed by atoms with van der Waals surface area (Å²) in [6.07, 6.45) is -0.124. The third-order valence-electron chi connectivity index (χ3n) is 6.09. The molecule has 0 fully saturated rings. The van der Waals surface area contributed by atoms with Gasteiger partial charge in [-0.25, -0.2) is 9.37 Å². The Morgan fingerprint density at radius 2 is 1.63 bits per heavy atom. The summed E-state index contributed by atoms with van der Waals surface area (Å²) in [5.74, 6) is -1.55. The van der Waals surface area contributed by atoms with Gasteiger partial charge in [-0.2, -0.15) is 0 Å². The number of carbonyl (C=O) groups is 2. The van der Waals surface area contributed by atoms with Crippen LogP contribution in [0.5, 0.6) is 0 Å². The highest BCUT2D eigenvalue weighted by Crippen LogP contribution is 2.35. The van der Waals surface area contributed by atoms with Gasteiger partial charge in [-0.15, -0.1) is 11.3 Å². The van der Waals surface area contributed by atoms with Crippen molar-refractivity contribution >= 4 is 34.0 Å². The first-order chi connectivity index (χ1) is 18.1. The lowest BCUT2D eigenvalue weighted by Gasteiger charge is -2.24. The number of carbonyl (C=O) groups excluding carboxylic acids is 1. The van der Waals surface area contributed by atoms with E-state index in [1.807, 2.05) is 17.5 Å². The predicted molar refractivity (Wildman–Crippen MR) is 150 cm³/mol. The van der Waals surface area contributed by atoms with Crippen molar-refractivity contribution in [2.75, 3.05) is 11.4 Å². The summed E-state index contributed by atoms with van der Waals surface area (Å²) < 4.78 is 13.4. The average Bonchev–Trinajstić information content (AvgIpc) is 3.37. The zero-order valence-corrected chi connectivity index (χ0v) is 22.4. The fourth-order valence-corrected chi connectivity index (χ4v) is 4.74. The van der Waals surface area contributed by atoms with E-state index in [1.54, 1.807) is 24.3 Å². The first-order valence-corrected chi connectivity index (χ1v) is 13.2. The van der Waals surface area contributed by atoms with E-state index in [2.05, 4.69) is 55.3 Å². The Morgan fingerprint density at radius 1 is 0.974 bits per heavy atom. The summed E-state index contributed by atoms with van der Waals surface area (Å²) in [6.45, 7) is 7.12. The van der Waals surface area contributed by atoms with E-state index in [1.165, 1.54) is 29.0 Å². The molecule has 0 radical (unpaired) electrons. The lowest BCUT2D eigenvalue weighted by atomic mass is 9.87. The van der Waals surface area contributed by atoms with E-state index in [0.717, 1.165) is 27.6 Å². The number of rotatable bonds is 9. The normalized spacial score (nSPS) is 11.3. The molecule has 0 spiro atoms. The van der Waals surface area contributed by atoms with Crippen molar-refractivity contribution in [1.29, 1.82) is 0 Å². The van der Waals surface area contributed by atoms with Crippen LogP contribution in [0, 0.1) is 5.82 Å². The summed E-state index contributed by atoms with van der Waals surface area (Å²) in [4.78, 5) is 30.0. The van der Waals surface area contributed by atoms with E-state index >= 15 is 0 Å². The fraction of sp³-hybridized carbons (Fsp3) is 0.233. The van der Waals surface area contributed by atoms with Gasteiger partial charge in [-0.05, 0) is 65.1 Å². The molecule has 38 heavy (non-hydrogen) atoms. The molecule has 0 saturated carbocycles. The zero-order chi connectivity index (χ0) is 27.3. The third-order valence-corrected chi connectivity index (χ3v) is 6.95. The molecule has 196 valence electrons. The fourth-order valence-electron chi connectivity index (χ4n) is 3.88. The van der Waals surface area contributed by atoms with Crippen molar-refractivity contribution in [3.05, 3.63) is 101 Å². The van der Waals surface area contributed by atoms with Gasteiger partial charge in [0.05, 0.1) is 18.7 Å². The number of nitrogens with zero attached hydrogens (tertiary/aromatic N) is 2. The number of carboxylic acids is 1.